The zero-order chi connectivity index (χ0) is 18.8. The van der Waals surface area contributed by atoms with Crippen LogP contribution >= 0.6 is 23.4 Å². The number of hydrogen-bond donors (Lipinski definition) is 0. The number of ether oxygens (including phenoxy) is 1. The van der Waals surface area contributed by atoms with Gasteiger partial charge in [-0.3, -0.25) is 9.69 Å². The minimum atomic E-state index is -0.0976. The summed E-state index contributed by atoms with van der Waals surface area (Å²) in [4.78, 5) is 19.4. The molecule has 0 spiro atoms. The van der Waals surface area contributed by atoms with Crippen molar-refractivity contribution in [3.05, 3.63) is 63.0 Å². The molecule has 134 valence electrons. The molecular formula is C20H19ClN2O2S. The Hall–Kier alpha value is -2.24. The number of halogens is 1. The van der Waals surface area contributed by atoms with Gasteiger partial charge in [-0.2, -0.15) is 0 Å². The van der Waals surface area contributed by atoms with Gasteiger partial charge in [0.1, 0.15) is 5.75 Å². The van der Waals surface area contributed by atoms with Crippen molar-refractivity contribution in [2.24, 2.45) is 4.99 Å². The van der Waals surface area contributed by atoms with E-state index in [1.807, 2.05) is 25.1 Å². The predicted octanol–water partition coefficient (Wildman–Crippen LogP) is 5.20. The molecule has 0 N–H and O–H groups in total. The maximum absolute atomic E-state index is 12.6. The molecule has 0 radical (unpaired) electrons. The maximum Gasteiger partial charge on any atom is 0.266 e. The normalized spacial score (nSPS) is 17.4. The van der Waals surface area contributed by atoms with Crippen LogP contribution in [0, 0.1) is 13.8 Å². The van der Waals surface area contributed by atoms with Crippen molar-refractivity contribution in [3.63, 3.8) is 0 Å². The SMILES string of the molecule is COc1ccc(Cl)cc1/C=C1/SC(=Nc2ccc(C)c(C)c2)N(C)C1=O. The number of hydrogen-bond acceptors (Lipinski definition) is 4. The molecule has 1 aliphatic rings. The molecule has 2 aromatic carbocycles. The van der Waals surface area contributed by atoms with Crippen LogP contribution in [0.4, 0.5) is 5.69 Å². The minimum absolute atomic E-state index is 0.0976. The molecule has 1 saturated heterocycles. The lowest BCUT2D eigenvalue weighted by Gasteiger charge is -2.08. The highest BCUT2D eigenvalue weighted by molar-refractivity contribution is 8.18. The number of rotatable bonds is 3. The number of amides is 1. The quantitative estimate of drug-likeness (QED) is 0.681. The van der Waals surface area contributed by atoms with E-state index in [0.29, 0.717) is 20.8 Å². The standard InChI is InChI=1S/C20H19ClN2O2S/c1-12-5-7-16(9-13(12)2)22-20-23(3)19(24)18(26-20)11-14-10-15(21)6-8-17(14)25-4/h5-11H,1-4H3/b18-11+,22-20?. The fraction of sp³-hybridized carbons (Fsp3) is 0.200. The monoisotopic (exact) mass is 386 g/mol. The second-order valence-corrected chi connectivity index (χ2v) is 7.47. The second-order valence-electron chi connectivity index (χ2n) is 6.02. The van der Waals surface area contributed by atoms with Crippen molar-refractivity contribution in [2.45, 2.75) is 13.8 Å². The molecule has 0 unspecified atom stereocenters. The Bertz CT molecular complexity index is 937. The average molecular weight is 387 g/mol. The zero-order valence-corrected chi connectivity index (χ0v) is 16.6. The van der Waals surface area contributed by atoms with Gasteiger partial charge >= 0.3 is 0 Å². The topological polar surface area (TPSA) is 41.9 Å². The Labute approximate surface area is 162 Å². The molecule has 1 aliphatic heterocycles. The van der Waals surface area contributed by atoms with E-state index in [2.05, 4.69) is 11.9 Å². The fourth-order valence-electron chi connectivity index (χ4n) is 2.52. The number of carbonyl (C=O) groups is 1. The first-order chi connectivity index (χ1) is 12.4. The molecule has 0 saturated carbocycles. The number of aryl methyl sites for hydroxylation is 2. The van der Waals surface area contributed by atoms with E-state index in [1.54, 1.807) is 43.3 Å². The lowest BCUT2D eigenvalue weighted by atomic mass is 10.1. The molecule has 0 bridgehead atoms. The van der Waals surface area contributed by atoms with Gasteiger partial charge in [0.2, 0.25) is 0 Å². The molecule has 2 aromatic rings. The van der Waals surface area contributed by atoms with Gasteiger partial charge in [-0.25, -0.2) is 4.99 Å². The van der Waals surface area contributed by atoms with Crippen LogP contribution in [0.2, 0.25) is 5.02 Å². The van der Waals surface area contributed by atoms with Crippen molar-refractivity contribution < 1.29 is 9.53 Å². The number of likely N-dealkylation sites (N-methyl/N-ethyl adjacent to an activating group) is 1. The number of thioether (sulfide) groups is 1. The summed E-state index contributed by atoms with van der Waals surface area (Å²) < 4.78 is 5.35. The lowest BCUT2D eigenvalue weighted by Crippen LogP contribution is -2.23. The van der Waals surface area contributed by atoms with Gasteiger partial charge in [-0.05, 0) is 73.1 Å². The Kier molecular flexibility index (Phi) is 5.39. The maximum atomic E-state index is 12.6. The predicted molar refractivity (Wildman–Crippen MR) is 109 cm³/mol. The van der Waals surface area contributed by atoms with E-state index < -0.39 is 0 Å². The van der Waals surface area contributed by atoms with Crippen LogP contribution in [0.3, 0.4) is 0 Å². The summed E-state index contributed by atoms with van der Waals surface area (Å²) in [6.07, 6.45) is 1.79. The summed E-state index contributed by atoms with van der Waals surface area (Å²) in [7, 11) is 3.32. The van der Waals surface area contributed by atoms with Crippen LogP contribution in [0.25, 0.3) is 6.08 Å². The van der Waals surface area contributed by atoms with E-state index in [4.69, 9.17) is 16.3 Å². The molecule has 0 aliphatic carbocycles. The second kappa shape index (κ2) is 7.56. The Morgan fingerprint density at radius 1 is 1.15 bits per heavy atom. The fourth-order valence-corrected chi connectivity index (χ4v) is 3.67. The number of benzene rings is 2. The van der Waals surface area contributed by atoms with Gasteiger partial charge in [-0.1, -0.05) is 17.7 Å². The third-order valence-electron chi connectivity index (χ3n) is 4.20. The summed E-state index contributed by atoms with van der Waals surface area (Å²) >= 11 is 7.42. The van der Waals surface area contributed by atoms with E-state index in [0.717, 1.165) is 11.3 Å². The first-order valence-corrected chi connectivity index (χ1v) is 9.25. The molecule has 4 nitrogen and oxygen atoms in total. The highest BCUT2D eigenvalue weighted by Gasteiger charge is 2.30. The van der Waals surface area contributed by atoms with Crippen molar-refractivity contribution in [3.8, 4) is 5.75 Å². The van der Waals surface area contributed by atoms with Crippen LogP contribution in [-0.4, -0.2) is 30.1 Å². The number of aliphatic imine (C=N–C) groups is 1. The van der Waals surface area contributed by atoms with Crippen molar-refractivity contribution >= 4 is 46.2 Å². The van der Waals surface area contributed by atoms with E-state index in [1.165, 1.54) is 22.9 Å². The zero-order valence-electron chi connectivity index (χ0n) is 15.0. The summed E-state index contributed by atoms with van der Waals surface area (Å²) in [6, 6.07) is 11.3. The molecule has 26 heavy (non-hydrogen) atoms. The van der Waals surface area contributed by atoms with E-state index in [9.17, 15) is 4.79 Å². The summed E-state index contributed by atoms with van der Waals surface area (Å²) in [6.45, 7) is 4.11. The van der Waals surface area contributed by atoms with Gasteiger partial charge in [0.25, 0.3) is 5.91 Å². The largest absolute Gasteiger partial charge is 0.496 e. The Morgan fingerprint density at radius 2 is 1.92 bits per heavy atom. The van der Waals surface area contributed by atoms with Gasteiger partial charge < -0.3 is 4.74 Å². The highest BCUT2D eigenvalue weighted by Crippen LogP contribution is 2.35. The molecule has 1 amide bonds. The van der Waals surface area contributed by atoms with Crippen molar-refractivity contribution in [2.75, 3.05) is 14.2 Å². The molecule has 3 rings (SSSR count). The Morgan fingerprint density at radius 3 is 2.62 bits per heavy atom. The molecule has 1 heterocycles. The van der Waals surface area contributed by atoms with Crippen molar-refractivity contribution in [1.82, 2.24) is 4.90 Å². The number of carbonyl (C=O) groups excluding carboxylic acids is 1. The highest BCUT2D eigenvalue weighted by atomic mass is 35.5. The Balaban J connectivity index is 1.95. The smallest absolute Gasteiger partial charge is 0.266 e. The van der Waals surface area contributed by atoms with Crippen molar-refractivity contribution in [1.29, 1.82) is 0 Å². The van der Waals surface area contributed by atoms with Crippen LogP contribution in [0.5, 0.6) is 5.75 Å². The molecule has 0 aromatic heterocycles. The number of amidine groups is 1. The molecule has 0 atom stereocenters. The number of methoxy groups -OCH3 is 1. The van der Waals surface area contributed by atoms with Crippen LogP contribution < -0.4 is 4.74 Å². The summed E-state index contributed by atoms with van der Waals surface area (Å²) in [5.74, 6) is 0.567. The van der Waals surface area contributed by atoms with Gasteiger partial charge in [0.05, 0.1) is 17.7 Å². The van der Waals surface area contributed by atoms with E-state index >= 15 is 0 Å². The summed E-state index contributed by atoms with van der Waals surface area (Å²) in [5.41, 5.74) is 3.97. The molecule has 1 fully saturated rings. The van der Waals surface area contributed by atoms with Crippen LogP contribution in [0.15, 0.2) is 46.3 Å². The van der Waals surface area contributed by atoms with Gasteiger partial charge in [0, 0.05) is 17.6 Å². The van der Waals surface area contributed by atoms with Gasteiger partial charge in [-0.15, -0.1) is 0 Å². The molecular weight excluding hydrogens is 368 g/mol. The minimum Gasteiger partial charge on any atom is -0.496 e. The third-order valence-corrected chi connectivity index (χ3v) is 5.49. The van der Waals surface area contributed by atoms with E-state index in [-0.39, 0.29) is 5.91 Å². The summed E-state index contributed by atoms with van der Waals surface area (Å²) in [5, 5.41) is 1.23. The molecule has 6 heteroatoms. The third kappa shape index (κ3) is 3.79. The first-order valence-electron chi connectivity index (χ1n) is 8.06. The lowest BCUT2D eigenvalue weighted by molar-refractivity contribution is -0.121. The van der Waals surface area contributed by atoms with Crippen LogP contribution in [-0.2, 0) is 4.79 Å². The average Bonchev–Trinajstić information content (AvgIpc) is 2.86. The number of nitrogens with zero attached hydrogens (tertiary/aromatic N) is 2. The van der Waals surface area contributed by atoms with Gasteiger partial charge in [0.15, 0.2) is 5.17 Å². The first kappa shape index (κ1) is 18.5. The van der Waals surface area contributed by atoms with Crippen LogP contribution in [0.1, 0.15) is 16.7 Å².